The van der Waals surface area contributed by atoms with Gasteiger partial charge in [-0.25, -0.2) is 0 Å². The lowest BCUT2D eigenvalue weighted by atomic mass is 10.0. The number of para-hydroxylation sites is 2. The number of carbonyl (C=O) groups excluding carboxylic acids is 1. The molecule has 4 heteroatoms. The molecule has 0 aliphatic rings. The van der Waals surface area contributed by atoms with Gasteiger partial charge in [0.1, 0.15) is 0 Å². The van der Waals surface area contributed by atoms with Crippen molar-refractivity contribution in [2.24, 2.45) is 0 Å². The van der Waals surface area contributed by atoms with Crippen LogP contribution in [0.2, 0.25) is 0 Å². The minimum Gasteiger partial charge on any atom is -0.397 e. The van der Waals surface area contributed by atoms with E-state index in [9.17, 15) is 9.90 Å². The fourth-order valence-corrected chi connectivity index (χ4v) is 2.29. The predicted octanol–water partition coefficient (Wildman–Crippen LogP) is 2.52. The normalized spacial score (nSPS) is 10.4. The molecule has 0 radical (unpaired) electrons. The van der Waals surface area contributed by atoms with Gasteiger partial charge in [-0.05, 0) is 43.2 Å². The van der Waals surface area contributed by atoms with Gasteiger partial charge in [0.2, 0.25) is 0 Å². The average molecular weight is 284 g/mol. The molecule has 0 spiro atoms. The Balaban J connectivity index is 2.46. The van der Waals surface area contributed by atoms with E-state index in [1.54, 1.807) is 18.2 Å². The van der Waals surface area contributed by atoms with E-state index in [4.69, 9.17) is 5.73 Å². The Morgan fingerprint density at radius 1 is 1.14 bits per heavy atom. The maximum absolute atomic E-state index is 12.8. The van der Waals surface area contributed by atoms with Crippen molar-refractivity contribution in [2.45, 2.75) is 13.8 Å². The first-order valence-electron chi connectivity index (χ1n) is 6.89. The molecular weight excluding hydrogens is 264 g/mol. The van der Waals surface area contributed by atoms with Gasteiger partial charge < -0.3 is 15.7 Å². The van der Waals surface area contributed by atoms with Crippen LogP contribution in [0.25, 0.3) is 0 Å². The summed E-state index contributed by atoms with van der Waals surface area (Å²) in [5, 5.41) is 9.27. The van der Waals surface area contributed by atoms with Gasteiger partial charge in [0.15, 0.2) is 0 Å². The molecule has 0 saturated heterocycles. The molecule has 21 heavy (non-hydrogen) atoms. The number of aliphatic hydroxyl groups is 1. The van der Waals surface area contributed by atoms with Crippen LogP contribution in [0.15, 0.2) is 42.5 Å². The molecule has 3 N–H and O–H groups in total. The number of aryl methyl sites for hydroxylation is 1. The molecular formula is C17H20N2O2. The second-order valence-corrected chi connectivity index (χ2v) is 4.99. The first-order valence-corrected chi connectivity index (χ1v) is 6.89. The van der Waals surface area contributed by atoms with Crippen LogP contribution in [-0.4, -0.2) is 24.2 Å². The number of rotatable bonds is 4. The maximum Gasteiger partial charge on any atom is 0.258 e. The third-order valence-electron chi connectivity index (χ3n) is 3.63. The first-order chi connectivity index (χ1) is 10.1. The van der Waals surface area contributed by atoms with Crippen LogP contribution in [0, 0.1) is 13.8 Å². The van der Waals surface area contributed by atoms with Crippen molar-refractivity contribution in [3.05, 3.63) is 59.2 Å². The third-order valence-corrected chi connectivity index (χ3v) is 3.63. The molecule has 110 valence electrons. The van der Waals surface area contributed by atoms with E-state index in [1.807, 2.05) is 38.1 Å². The zero-order valence-electron chi connectivity index (χ0n) is 12.3. The van der Waals surface area contributed by atoms with Gasteiger partial charge in [0, 0.05) is 12.1 Å². The molecule has 2 rings (SSSR count). The van der Waals surface area contributed by atoms with Crippen LogP contribution >= 0.6 is 0 Å². The lowest BCUT2D eigenvalue weighted by Gasteiger charge is -2.24. The lowest BCUT2D eigenvalue weighted by Crippen LogP contribution is -2.34. The molecule has 0 fully saturated rings. The van der Waals surface area contributed by atoms with Crippen LogP contribution in [-0.2, 0) is 0 Å². The highest BCUT2D eigenvalue weighted by atomic mass is 16.3. The fourth-order valence-electron chi connectivity index (χ4n) is 2.29. The van der Waals surface area contributed by atoms with Crippen molar-refractivity contribution in [1.29, 1.82) is 0 Å². The Morgan fingerprint density at radius 2 is 1.86 bits per heavy atom. The summed E-state index contributed by atoms with van der Waals surface area (Å²) in [7, 11) is 0. The third kappa shape index (κ3) is 3.06. The summed E-state index contributed by atoms with van der Waals surface area (Å²) < 4.78 is 0. The quantitative estimate of drug-likeness (QED) is 0.848. The number of carbonyl (C=O) groups is 1. The lowest BCUT2D eigenvalue weighted by molar-refractivity contribution is 0.0980. The molecule has 4 nitrogen and oxygen atoms in total. The smallest absolute Gasteiger partial charge is 0.258 e. The van der Waals surface area contributed by atoms with E-state index in [-0.39, 0.29) is 19.1 Å². The van der Waals surface area contributed by atoms with Crippen molar-refractivity contribution >= 4 is 17.3 Å². The summed E-state index contributed by atoms with van der Waals surface area (Å²) in [5.41, 5.74) is 9.74. The summed E-state index contributed by atoms with van der Waals surface area (Å²) in [5.74, 6) is -0.150. The van der Waals surface area contributed by atoms with Crippen molar-refractivity contribution < 1.29 is 9.90 Å². The summed E-state index contributed by atoms with van der Waals surface area (Å²) in [4.78, 5) is 14.3. The summed E-state index contributed by atoms with van der Waals surface area (Å²) in [6.07, 6.45) is 0. The van der Waals surface area contributed by atoms with Crippen molar-refractivity contribution in [2.75, 3.05) is 23.8 Å². The zero-order valence-corrected chi connectivity index (χ0v) is 12.3. The van der Waals surface area contributed by atoms with Crippen LogP contribution in [0.3, 0.4) is 0 Å². The van der Waals surface area contributed by atoms with Gasteiger partial charge in [-0.1, -0.05) is 24.3 Å². The summed E-state index contributed by atoms with van der Waals surface area (Å²) in [6, 6.07) is 12.8. The van der Waals surface area contributed by atoms with Crippen LogP contribution < -0.4 is 10.6 Å². The van der Waals surface area contributed by atoms with E-state index < -0.39 is 0 Å². The molecule has 1 amide bonds. The van der Waals surface area contributed by atoms with Crippen LogP contribution in [0.4, 0.5) is 11.4 Å². The Kier molecular flexibility index (Phi) is 4.60. The first kappa shape index (κ1) is 15.1. The zero-order chi connectivity index (χ0) is 15.4. The number of nitrogens with two attached hydrogens (primary N) is 1. The van der Waals surface area contributed by atoms with E-state index >= 15 is 0 Å². The topological polar surface area (TPSA) is 66.6 Å². The van der Waals surface area contributed by atoms with E-state index in [2.05, 4.69) is 0 Å². The van der Waals surface area contributed by atoms with Crippen LogP contribution in [0.1, 0.15) is 21.5 Å². The van der Waals surface area contributed by atoms with Crippen molar-refractivity contribution in [3.8, 4) is 0 Å². The Hall–Kier alpha value is -2.33. The molecule has 0 atom stereocenters. The Bertz CT molecular complexity index is 653. The molecule has 0 aromatic heterocycles. The fraction of sp³-hybridized carbons (Fsp3) is 0.235. The van der Waals surface area contributed by atoms with Gasteiger partial charge in [-0.15, -0.1) is 0 Å². The van der Waals surface area contributed by atoms with Gasteiger partial charge in [0.05, 0.1) is 18.0 Å². The molecule has 0 heterocycles. The molecule has 0 unspecified atom stereocenters. The molecule has 0 aliphatic heterocycles. The second kappa shape index (κ2) is 6.41. The molecule has 2 aromatic carbocycles. The van der Waals surface area contributed by atoms with Gasteiger partial charge in [-0.2, -0.15) is 0 Å². The number of nitrogen functional groups attached to an aromatic ring is 1. The SMILES string of the molecule is Cc1cccc(C(=O)N(CCO)c2ccccc2N)c1C. The number of amides is 1. The predicted molar refractivity (Wildman–Crippen MR) is 85.5 cm³/mol. The van der Waals surface area contributed by atoms with Crippen molar-refractivity contribution in [3.63, 3.8) is 0 Å². The molecule has 2 aromatic rings. The minimum absolute atomic E-state index is 0.120. The monoisotopic (exact) mass is 284 g/mol. The number of anilines is 2. The number of benzene rings is 2. The Labute approximate surface area is 124 Å². The Morgan fingerprint density at radius 3 is 2.52 bits per heavy atom. The largest absolute Gasteiger partial charge is 0.397 e. The van der Waals surface area contributed by atoms with Gasteiger partial charge in [-0.3, -0.25) is 4.79 Å². The average Bonchev–Trinajstić information content (AvgIpc) is 2.48. The van der Waals surface area contributed by atoms with Crippen LogP contribution in [0.5, 0.6) is 0 Å². The number of hydrogen-bond acceptors (Lipinski definition) is 3. The number of aliphatic hydroxyl groups excluding tert-OH is 1. The van der Waals surface area contributed by atoms with E-state index in [0.29, 0.717) is 16.9 Å². The number of nitrogens with zero attached hydrogens (tertiary/aromatic N) is 1. The second-order valence-electron chi connectivity index (χ2n) is 4.99. The molecule has 0 saturated carbocycles. The maximum atomic E-state index is 12.8. The van der Waals surface area contributed by atoms with Crippen molar-refractivity contribution in [1.82, 2.24) is 0 Å². The molecule has 0 bridgehead atoms. The minimum atomic E-state index is -0.150. The summed E-state index contributed by atoms with van der Waals surface area (Å²) >= 11 is 0. The highest BCUT2D eigenvalue weighted by molar-refractivity contribution is 6.08. The van der Waals surface area contributed by atoms with E-state index in [1.165, 1.54) is 4.90 Å². The van der Waals surface area contributed by atoms with Gasteiger partial charge in [0.25, 0.3) is 5.91 Å². The highest BCUT2D eigenvalue weighted by Crippen LogP contribution is 2.25. The molecule has 0 aliphatic carbocycles. The summed E-state index contributed by atoms with van der Waals surface area (Å²) in [6.45, 7) is 3.98. The van der Waals surface area contributed by atoms with Gasteiger partial charge >= 0.3 is 0 Å². The highest BCUT2D eigenvalue weighted by Gasteiger charge is 2.20. The van der Waals surface area contributed by atoms with E-state index in [0.717, 1.165) is 11.1 Å². The standard InChI is InChI=1S/C17H20N2O2/c1-12-6-5-7-14(13(12)2)17(21)19(10-11-20)16-9-4-3-8-15(16)18/h3-9,20H,10-11,18H2,1-2H3. The number of hydrogen-bond donors (Lipinski definition) is 2.